The van der Waals surface area contributed by atoms with Gasteiger partial charge in [-0.2, -0.15) is 0 Å². The number of esters is 1. The van der Waals surface area contributed by atoms with Crippen LogP contribution in [0.5, 0.6) is 0 Å². The van der Waals surface area contributed by atoms with Crippen LogP contribution in [-0.2, 0) is 41.7 Å². The van der Waals surface area contributed by atoms with Crippen molar-refractivity contribution in [3.05, 3.63) is 67.6 Å². The zero-order valence-corrected chi connectivity index (χ0v) is 20.4. The van der Waals surface area contributed by atoms with E-state index in [1.807, 2.05) is 0 Å². The smallest absolute Gasteiger partial charge is 0.303 e. The van der Waals surface area contributed by atoms with Crippen LogP contribution in [-0.4, -0.2) is 44.3 Å². The number of methoxy groups -OCH3 is 1. The SMILES string of the molecule is COC1O[C@H](COCc2ccc(Cl)cc2Cl)[C@@H](OCc2ccc(Cl)cc2Cl)[C@H]1OC(C)=O. The van der Waals surface area contributed by atoms with Crippen LogP contribution in [0.25, 0.3) is 0 Å². The number of halogens is 4. The number of ether oxygens (including phenoxy) is 5. The zero-order chi connectivity index (χ0) is 23.3. The fraction of sp³-hybridized carbons (Fsp3) is 0.409. The maximum absolute atomic E-state index is 11.7. The van der Waals surface area contributed by atoms with Crippen LogP contribution in [0.15, 0.2) is 36.4 Å². The minimum atomic E-state index is -0.808. The molecule has 10 heteroatoms. The average Bonchev–Trinajstić information content (AvgIpc) is 3.05. The molecule has 1 aliphatic rings. The van der Waals surface area contributed by atoms with Gasteiger partial charge in [-0.15, -0.1) is 0 Å². The van der Waals surface area contributed by atoms with E-state index in [-0.39, 0.29) is 19.8 Å². The van der Waals surface area contributed by atoms with Crippen molar-refractivity contribution in [3.8, 4) is 0 Å². The number of rotatable bonds is 9. The summed E-state index contributed by atoms with van der Waals surface area (Å²) in [6.07, 6.45) is -2.81. The second-order valence-electron chi connectivity index (χ2n) is 7.11. The van der Waals surface area contributed by atoms with Crippen LogP contribution < -0.4 is 0 Å². The Morgan fingerprint density at radius 2 is 1.53 bits per heavy atom. The van der Waals surface area contributed by atoms with E-state index < -0.39 is 30.6 Å². The number of benzene rings is 2. The van der Waals surface area contributed by atoms with E-state index in [4.69, 9.17) is 70.1 Å². The van der Waals surface area contributed by atoms with Crippen molar-refractivity contribution in [2.24, 2.45) is 0 Å². The van der Waals surface area contributed by atoms with Gasteiger partial charge in [-0.05, 0) is 35.4 Å². The monoisotopic (exact) mass is 522 g/mol. The first kappa shape index (κ1) is 25.5. The lowest BCUT2D eigenvalue weighted by Gasteiger charge is -2.24. The predicted molar refractivity (Wildman–Crippen MR) is 122 cm³/mol. The molecule has 3 rings (SSSR count). The predicted octanol–water partition coefficient (Wildman–Crippen LogP) is 5.71. The van der Waals surface area contributed by atoms with E-state index in [1.54, 1.807) is 36.4 Å². The number of carbonyl (C=O) groups is 1. The van der Waals surface area contributed by atoms with Gasteiger partial charge in [-0.1, -0.05) is 58.5 Å². The molecule has 1 unspecified atom stereocenters. The Kier molecular flexibility index (Phi) is 9.46. The third-order valence-electron chi connectivity index (χ3n) is 4.80. The molecule has 0 radical (unpaired) electrons. The Labute approximate surface area is 206 Å². The van der Waals surface area contributed by atoms with Crippen LogP contribution in [0.3, 0.4) is 0 Å². The van der Waals surface area contributed by atoms with Crippen molar-refractivity contribution in [2.75, 3.05) is 13.7 Å². The fourth-order valence-electron chi connectivity index (χ4n) is 3.28. The first-order valence-corrected chi connectivity index (χ1v) is 11.2. The standard InChI is InChI=1S/C22H22Cl4O6/c1-12(27)31-21-20(30-10-14-4-6-16(24)8-18(14)26)19(32-22(21)28-2)11-29-9-13-3-5-15(23)7-17(13)25/h3-8,19-22H,9-11H2,1-2H3/t19-,20-,21-,22?/m1/s1. The van der Waals surface area contributed by atoms with Gasteiger partial charge in [0.25, 0.3) is 0 Å². The largest absolute Gasteiger partial charge is 0.454 e. The van der Waals surface area contributed by atoms with Gasteiger partial charge in [0.15, 0.2) is 12.4 Å². The molecule has 0 spiro atoms. The van der Waals surface area contributed by atoms with E-state index in [2.05, 4.69) is 0 Å². The number of carbonyl (C=O) groups excluding carboxylic acids is 1. The van der Waals surface area contributed by atoms with Crippen molar-refractivity contribution in [2.45, 2.75) is 44.7 Å². The molecule has 2 aromatic carbocycles. The van der Waals surface area contributed by atoms with E-state index in [9.17, 15) is 4.79 Å². The van der Waals surface area contributed by atoms with Crippen LogP contribution in [0.2, 0.25) is 20.1 Å². The normalized spacial score (nSPS) is 22.8. The molecular formula is C22H22Cl4O6. The maximum Gasteiger partial charge on any atom is 0.303 e. The zero-order valence-electron chi connectivity index (χ0n) is 17.4. The van der Waals surface area contributed by atoms with E-state index in [0.29, 0.717) is 20.1 Å². The highest BCUT2D eigenvalue weighted by molar-refractivity contribution is 6.35. The van der Waals surface area contributed by atoms with Crippen molar-refractivity contribution in [1.82, 2.24) is 0 Å². The van der Waals surface area contributed by atoms with Crippen molar-refractivity contribution < 1.29 is 28.5 Å². The highest BCUT2D eigenvalue weighted by Gasteiger charge is 2.48. The summed E-state index contributed by atoms with van der Waals surface area (Å²) in [5, 5.41) is 2.03. The molecule has 1 heterocycles. The Bertz CT molecular complexity index is 941. The van der Waals surface area contributed by atoms with Crippen molar-refractivity contribution in [3.63, 3.8) is 0 Å². The number of hydrogen-bond acceptors (Lipinski definition) is 6. The Morgan fingerprint density at radius 1 is 0.938 bits per heavy atom. The van der Waals surface area contributed by atoms with Crippen LogP contribution >= 0.6 is 46.4 Å². The minimum absolute atomic E-state index is 0.148. The molecule has 4 atom stereocenters. The van der Waals surface area contributed by atoms with Crippen LogP contribution in [0.1, 0.15) is 18.1 Å². The topological polar surface area (TPSA) is 63.2 Å². The summed E-state index contributed by atoms with van der Waals surface area (Å²) < 4.78 is 28.6. The summed E-state index contributed by atoms with van der Waals surface area (Å²) in [6.45, 7) is 1.85. The molecule has 0 bridgehead atoms. The van der Waals surface area contributed by atoms with Crippen molar-refractivity contribution >= 4 is 52.4 Å². The number of hydrogen-bond donors (Lipinski definition) is 0. The molecule has 0 saturated carbocycles. The van der Waals surface area contributed by atoms with Crippen LogP contribution in [0, 0.1) is 0 Å². The summed E-state index contributed by atoms with van der Waals surface area (Å²) in [7, 11) is 1.46. The van der Waals surface area contributed by atoms with Gasteiger partial charge < -0.3 is 23.7 Å². The fourth-order valence-corrected chi connectivity index (χ4v) is 4.21. The molecule has 0 amide bonds. The van der Waals surface area contributed by atoms with Gasteiger partial charge in [-0.3, -0.25) is 4.79 Å². The molecule has 0 aromatic heterocycles. The lowest BCUT2D eigenvalue weighted by molar-refractivity contribution is -0.180. The summed E-state index contributed by atoms with van der Waals surface area (Å²) in [4.78, 5) is 11.7. The average molecular weight is 524 g/mol. The summed E-state index contributed by atoms with van der Waals surface area (Å²) in [5.41, 5.74) is 1.51. The highest BCUT2D eigenvalue weighted by atomic mass is 35.5. The van der Waals surface area contributed by atoms with E-state index >= 15 is 0 Å². The molecule has 1 saturated heterocycles. The van der Waals surface area contributed by atoms with Gasteiger partial charge in [0.05, 0.1) is 19.8 Å². The van der Waals surface area contributed by atoms with Gasteiger partial charge >= 0.3 is 5.97 Å². The van der Waals surface area contributed by atoms with E-state index in [0.717, 1.165) is 11.1 Å². The quantitative estimate of drug-likeness (QED) is 0.392. The third-order valence-corrected chi connectivity index (χ3v) is 5.98. The van der Waals surface area contributed by atoms with Gasteiger partial charge in [0, 0.05) is 34.1 Å². The molecule has 2 aromatic rings. The molecule has 1 fully saturated rings. The molecule has 174 valence electrons. The van der Waals surface area contributed by atoms with Gasteiger partial charge in [0.1, 0.15) is 12.2 Å². The van der Waals surface area contributed by atoms with Crippen LogP contribution in [0.4, 0.5) is 0 Å². The molecule has 1 aliphatic heterocycles. The second-order valence-corrected chi connectivity index (χ2v) is 8.80. The molecule has 0 aliphatic carbocycles. The first-order valence-electron chi connectivity index (χ1n) is 9.71. The van der Waals surface area contributed by atoms with E-state index in [1.165, 1.54) is 14.0 Å². The van der Waals surface area contributed by atoms with Gasteiger partial charge in [0.2, 0.25) is 0 Å². The molecule has 32 heavy (non-hydrogen) atoms. The van der Waals surface area contributed by atoms with Gasteiger partial charge in [-0.25, -0.2) is 0 Å². The second kappa shape index (κ2) is 11.9. The minimum Gasteiger partial charge on any atom is -0.454 e. The third kappa shape index (κ3) is 6.72. The Balaban J connectivity index is 1.70. The molecule has 0 N–H and O–H groups in total. The lowest BCUT2D eigenvalue weighted by atomic mass is 10.1. The lowest BCUT2D eigenvalue weighted by Crippen LogP contribution is -2.40. The summed E-state index contributed by atoms with van der Waals surface area (Å²) in [5.74, 6) is -0.478. The summed E-state index contributed by atoms with van der Waals surface area (Å²) in [6, 6.07) is 10.3. The Hall–Kier alpha value is -1.09. The first-order chi connectivity index (χ1) is 15.3. The maximum atomic E-state index is 11.7. The molecule has 6 nitrogen and oxygen atoms in total. The Morgan fingerprint density at radius 3 is 2.06 bits per heavy atom. The van der Waals surface area contributed by atoms with Crippen molar-refractivity contribution in [1.29, 1.82) is 0 Å². The molecular weight excluding hydrogens is 502 g/mol. The highest BCUT2D eigenvalue weighted by Crippen LogP contribution is 2.30. The summed E-state index contributed by atoms with van der Waals surface area (Å²) >= 11 is 24.4.